The Kier molecular flexibility index (Phi) is 1.74. The highest BCUT2D eigenvalue weighted by molar-refractivity contribution is 6.04. The molecule has 1 fully saturated rings. The van der Waals surface area contributed by atoms with Crippen molar-refractivity contribution in [3.05, 3.63) is 11.3 Å². The van der Waals surface area contributed by atoms with E-state index in [0.717, 1.165) is 0 Å². The molecule has 0 aromatic carbocycles. The second-order valence-electron chi connectivity index (χ2n) is 3.77. The standard InChI is InChI=1S/C8H7F5N2/c9-7(10)3-1-2(3)4(5(7)14)6(15)8(11,12)13/h2-3,15H,1,14H2. The van der Waals surface area contributed by atoms with Gasteiger partial charge >= 0.3 is 6.18 Å². The van der Waals surface area contributed by atoms with E-state index in [0.29, 0.717) is 0 Å². The molecule has 0 aromatic rings. The summed E-state index contributed by atoms with van der Waals surface area (Å²) in [6, 6.07) is 0. The summed E-state index contributed by atoms with van der Waals surface area (Å²) in [6.07, 6.45) is -4.92. The van der Waals surface area contributed by atoms with Gasteiger partial charge in [-0.25, -0.2) is 0 Å². The highest BCUT2D eigenvalue weighted by Crippen LogP contribution is 2.62. The summed E-state index contributed by atoms with van der Waals surface area (Å²) in [5.41, 5.74) is 1.44. The Labute approximate surface area is 81.4 Å². The van der Waals surface area contributed by atoms with E-state index in [9.17, 15) is 22.0 Å². The van der Waals surface area contributed by atoms with Crippen molar-refractivity contribution in [1.29, 1.82) is 5.41 Å². The number of nitrogens with one attached hydrogen (secondary N) is 1. The summed E-state index contributed by atoms with van der Waals surface area (Å²) in [5.74, 6) is -5.39. The third-order valence-corrected chi connectivity index (χ3v) is 2.83. The van der Waals surface area contributed by atoms with Crippen molar-refractivity contribution in [3.8, 4) is 0 Å². The van der Waals surface area contributed by atoms with Crippen LogP contribution in [0.15, 0.2) is 11.3 Å². The number of allylic oxidation sites excluding steroid dienone is 2. The Bertz CT molecular complexity index is 368. The number of alkyl halides is 5. The minimum absolute atomic E-state index is 0.0124. The highest BCUT2D eigenvalue weighted by atomic mass is 19.4. The van der Waals surface area contributed by atoms with Gasteiger partial charge in [-0.1, -0.05) is 0 Å². The molecule has 0 radical (unpaired) electrons. The molecule has 1 saturated carbocycles. The molecular formula is C8H7F5N2. The first kappa shape index (κ1) is 10.4. The van der Waals surface area contributed by atoms with Crippen LogP contribution in [-0.2, 0) is 0 Å². The first-order valence-corrected chi connectivity index (χ1v) is 4.21. The zero-order valence-corrected chi connectivity index (χ0v) is 7.33. The highest BCUT2D eigenvalue weighted by Gasteiger charge is 2.66. The van der Waals surface area contributed by atoms with Crippen LogP contribution in [0.1, 0.15) is 6.42 Å². The van der Waals surface area contributed by atoms with Gasteiger partial charge in [0.2, 0.25) is 0 Å². The number of rotatable bonds is 1. The average molecular weight is 226 g/mol. The number of fused-ring (bicyclic) bond motifs is 1. The van der Waals surface area contributed by atoms with Crippen LogP contribution in [0, 0.1) is 17.2 Å². The van der Waals surface area contributed by atoms with E-state index in [1.807, 2.05) is 0 Å². The van der Waals surface area contributed by atoms with Crippen LogP contribution in [0.25, 0.3) is 0 Å². The second-order valence-corrected chi connectivity index (χ2v) is 3.77. The molecule has 3 N–H and O–H groups in total. The summed E-state index contributed by atoms with van der Waals surface area (Å²) in [5, 5.41) is 6.81. The Hall–Kier alpha value is -1.14. The van der Waals surface area contributed by atoms with Crippen LogP contribution in [0.2, 0.25) is 0 Å². The molecule has 2 nitrogen and oxygen atoms in total. The molecule has 84 valence electrons. The monoisotopic (exact) mass is 226 g/mol. The Morgan fingerprint density at radius 1 is 1.40 bits per heavy atom. The molecule has 0 saturated heterocycles. The quantitative estimate of drug-likeness (QED) is 0.521. The van der Waals surface area contributed by atoms with Crippen LogP contribution in [0.3, 0.4) is 0 Å². The molecule has 2 aliphatic carbocycles. The van der Waals surface area contributed by atoms with Crippen molar-refractivity contribution < 1.29 is 22.0 Å². The van der Waals surface area contributed by atoms with Crippen LogP contribution in [0.5, 0.6) is 0 Å². The van der Waals surface area contributed by atoms with Gasteiger partial charge in [0.15, 0.2) is 0 Å². The fourth-order valence-electron chi connectivity index (χ4n) is 1.97. The van der Waals surface area contributed by atoms with Gasteiger partial charge in [0.25, 0.3) is 5.92 Å². The Morgan fingerprint density at radius 3 is 2.27 bits per heavy atom. The summed E-state index contributed by atoms with van der Waals surface area (Å²) < 4.78 is 62.7. The lowest BCUT2D eigenvalue weighted by molar-refractivity contribution is -0.0592. The van der Waals surface area contributed by atoms with Crippen molar-refractivity contribution in [2.24, 2.45) is 17.6 Å². The van der Waals surface area contributed by atoms with Gasteiger partial charge in [0, 0.05) is 11.5 Å². The van der Waals surface area contributed by atoms with E-state index in [-0.39, 0.29) is 6.42 Å². The molecule has 15 heavy (non-hydrogen) atoms. The molecule has 0 amide bonds. The predicted octanol–water partition coefficient (Wildman–Crippen LogP) is 2.07. The van der Waals surface area contributed by atoms with Crippen molar-refractivity contribution in [1.82, 2.24) is 0 Å². The number of hydrogen-bond acceptors (Lipinski definition) is 2. The fraction of sp³-hybridized carbons (Fsp3) is 0.625. The minimum atomic E-state index is -4.91. The summed E-state index contributed by atoms with van der Waals surface area (Å²) >= 11 is 0. The lowest BCUT2D eigenvalue weighted by atomic mass is 10.1. The number of nitrogens with two attached hydrogens (primary N) is 1. The third-order valence-electron chi connectivity index (χ3n) is 2.83. The van der Waals surface area contributed by atoms with Gasteiger partial charge in [0.05, 0.1) is 5.70 Å². The summed E-state index contributed by atoms with van der Waals surface area (Å²) in [6.45, 7) is 0. The molecule has 7 heteroatoms. The summed E-state index contributed by atoms with van der Waals surface area (Å²) in [7, 11) is 0. The fourth-order valence-corrected chi connectivity index (χ4v) is 1.97. The average Bonchev–Trinajstić information content (AvgIpc) is 2.78. The molecule has 2 rings (SSSR count). The molecule has 0 bridgehead atoms. The third kappa shape index (κ3) is 1.25. The smallest absolute Gasteiger partial charge is 0.397 e. The van der Waals surface area contributed by atoms with Crippen LogP contribution in [0.4, 0.5) is 22.0 Å². The van der Waals surface area contributed by atoms with Gasteiger partial charge < -0.3 is 5.73 Å². The van der Waals surface area contributed by atoms with Gasteiger partial charge in [-0.15, -0.1) is 0 Å². The topological polar surface area (TPSA) is 49.9 Å². The predicted molar refractivity (Wildman–Crippen MR) is 41.5 cm³/mol. The van der Waals surface area contributed by atoms with Gasteiger partial charge in [-0.2, -0.15) is 22.0 Å². The maximum Gasteiger partial charge on any atom is 0.433 e. The van der Waals surface area contributed by atoms with Crippen molar-refractivity contribution >= 4 is 5.71 Å². The van der Waals surface area contributed by atoms with Crippen molar-refractivity contribution in [2.75, 3.05) is 0 Å². The van der Waals surface area contributed by atoms with E-state index in [1.54, 1.807) is 0 Å². The Morgan fingerprint density at radius 2 is 1.93 bits per heavy atom. The maximum atomic E-state index is 13.1. The van der Waals surface area contributed by atoms with E-state index in [1.165, 1.54) is 0 Å². The van der Waals surface area contributed by atoms with Crippen molar-refractivity contribution in [2.45, 2.75) is 18.5 Å². The molecule has 2 aliphatic rings. The van der Waals surface area contributed by atoms with Crippen LogP contribution in [-0.4, -0.2) is 17.8 Å². The van der Waals surface area contributed by atoms with Crippen molar-refractivity contribution in [3.63, 3.8) is 0 Å². The lowest BCUT2D eigenvalue weighted by Crippen LogP contribution is -2.30. The largest absolute Gasteiger partial charge is 0.433 e. The molecule has 0 aromatic heterocycles. The number of hydrogen-bond donors (Lipinski definition) is 2. The SMILES string of the molecule is N=C(C1=C(N)C(F)(F)C2CC12)C(F)(F)F. The molecule has 0 spiro atoms. The normalized spacial score (nSPS) is 32.9. The van der Waals surface area contributed by atoms with Gasteiger partial charge in [-0.3, -0.25) is 5.41 Å². The molecule has 0 aliphatic heterocycles. The van der Waals surface area contributed by atoms with E-state index in [4.69, 9.17) is 11.1 Å². The zero-order valence-electron chi connectivity index (χ0n) is 7.33. The van der Waals surface area contributed by atoms with Crippen LogP contribution < -0.4 is 5.73 Å². The first-order valence-electron chi connectivity index (χ1n) is 4.21. The molecule has 0 heterocycles. The molecule has 2 atom stereocenters. The Balaban J connectivity index is 2.39. The maximum absolute atomic E-state index is 13.1. The van der Waals surface area contributed by atoms with Gasteiger partial charge in [0.1, 0.15) is 5.71 Å². The van der Waals surface area contributed by atoms with E-state index < -0.39 is 40.9 Å². The second kappa shape index (κ2) is 2.51. The van der Waals surface area contributed by atoms with Crippen LogP contribution >= 0.6 is 0 Å². The molecule has 2 unspecified atom stereocenters. The minimum Gasteiger partial charge on any atom is -0.397 e. The van der Waals surface area contributed by atoms with E-state index >= 15 is 0 Å². The van der Waals surface area contributed by atoms with E-state index in [2.05, 4.69) is 0 Å². The first-order chi connectivity index (χ1) is 6.67. The molecular weight excluding hydrogens is 219 g/mol. The van der Waals surface area contributed by atoms with Gasteiger partial charge in [-0.05, 0) is 12.3 Å². The lowest BCUT2D eigenvalue weighted by Gasteiger charge is -2.15. The zero-order chi connectivity index (χ0) is 11.6. The number of halogens is 5. The summed E-state index contributed by atoms with van der Waals surface area (Å²) in [4.78, 5) is 0.